The zero-order valence-corrected chi connectivity index (χ0v) is 14.5. The van der Waals surface area contributed by atoms with E-state index in [1.165, 1.54) is 0 Å². The molecule has 0 radical (unpaired) electrons. The van der Waals surface area contributed by atoms with Crippen molar-refractivity contribution >= 4 is 27.4 Å². The SMILES string of the molecule is CC(C)C(Nc1ncnc2ccsc12)c1ccc2c(c1)OCCO2. The molecule has 0 fully saturated rings. The van der Waals surface area contributed by atoms with Gasteiger partial charge in [0.1, 0.15) is 25.4 Å². The second-order valence-corrected chi connectivity index (χ2v) is 7.04. The molecule has 1 unspecified atom stereocenters. The van der Waals surface area contributed by atoms with E-state index in [0.29, 0.717) is 19.1 Å². The van der Waals surface area contributed by atoms with Gasteiger partial charge in [0.15, 0.2) is 11.5 Å². The molecule has 0 bridgehead atoms. The molecule has 3 aromatic rings. The Morgan fingerprint density at radius 3 is 2.75 bits per heavy atom. The largest absolute Gasteiger partial charge is 0.486 e. The molecule has 0 aliphatic carbocycles. The molecule has 0 saturated carbocycles. The predicted molar refractivity (Wildman–Crippen MR) is 96.0 cm³/mol. The van der Waals surface area contributed by atoms with Crippen molar-refractivity contribution in [2.75, 3.05) is 18.5 Å². The smallest absolute Gasteiger partial charge is 0.161 e. The van der Waals surface area contributed by atoms with Gasteiger partial charge >= 0.3 is 0 Å². The fraction of sp³-hybridized carbons (Fsp3) is 0.333. The number of rotatable bonds is 4. The number of nitrogens with zero attached hydrogens (tertiary/aromatic N) is 2. The van der Waals surface area contributed by atoms with Gasteiger partial charge in [0.25, 0.3) is 0 Å². The maximum Gasteiger partial charge on any atom is 0.161 e. The maximum atomic E-state index is 5.73. The van der Waals surface area contributed by atoms with Crippen molar-refractivity contribution in [1.29, 1.82) is 0 Å². The third-order valence-corrected chi connectivity index (χ3v) is 5.04. The molecule has 1 N–H and O–H groups in total. The number of thiophene rings is 1. The number of hydrogen-bond donors (Lipinski definition) is 1. The molecule has 0 saturated heterocycles. The van der Waals surface area contributed by atoms with Crippen LogP contribution in [0.15, 0.2) is 36.0 Å². The zero-order valence-electron chi connectivity index (χ0n) is 13.7. The van der Waals surface area contributed by atoms with E-state index in [1.807, 2.05) is 17.5 Å². The Kier molecular flexibility index (Phi) is 3.98. The Hall–Kier alpha value is -2.34. The van der Waals surface area contributed by atoms with Gasteiger partial charge in [-0.2, -0.15) is 0 Å². The molecule has 3 heterocycles. The van der Waals surface area contributed by atoms with Gasteiger partial charge < -0.3 is 14.8 Å². The summed E-state index contributed by atoms with van der Waals surface area (Å²) >= 11 is 1.65. The third kappa shape index (κ3) is 2.78. The van der Waals surface area contributed by atoms with Crippen LogP contribution in [0.3, 0.4) is 0 Å². The van der Waals surface area contributed by atoms with E-state index in [9.17, 15) is 0 Å². The molecule has 1 aliphatic heterocycles. The summed E-state index contributed by atoms with van der Waals surface area (Å²) in [6.45, 7) is 5.59. The van der Waals surface area contributed by atoms with E-state index in [1.54, 1.807) is 17.7 Å². The van der Waals surface area contributed by atoms with E-state index in [4.69, 9.17) is 9.47 Å². The van der Waals surface area contributed by atoms with Crippen LogP contribution in [0.5, 0.6) is 11.5 Å². The molecule has 124 valence electrons. The van der Waals surface area contributed by atoms with Crippen molar-refractivity contribution in [2.45, 2.75) is 19.9 Å². The summed E-state index contributed by atoms with van der Waals surface area (Å²) in [5, 5.41) is 5.63. The number of nitrogens with one attached hydrogen (secondary N) is 1. The molecule has 24 heavy (non-hydrogen) atoms. The van der Waals surface area contributed by atoms with Gasteiger partial charge in [0.2, 0.25) is 0 Å². The predicted octanol–water partition coefficient (Wildman–Crippen LogP) is 4.27. The van der Waals surface area contributed by atoms with Crippen molar-refractivity contribution in [3.63, 3.8) is 0 Å². The van der Waals surface area contributed by atoms with Crippen LogP contribution >= 0.6 is 11.3 Å². The van der Waals surface area contributed by atoms with Crippen molar-refractivity contribution in [1.82, 2.24) is 9.97 Å². The molecule has 1 atom stereocenters. The van der Waals surface area contributed by atoms with Crippen LogP contribution in [0.25, 0.3) is 10.2 Å². The van der Waals surface area contributed by atoms with E-state index in [0.717, 1.165) is 33.1 Å². The molecule has 1 aromatic carbocycles. The minimum absolute atomic E-state index is 0.126. The normalized spacial score (nSPS) is 14.8. The third-order valence-electron chi connectivity index (χ3n) is 4.13. The van der Waals surface area contributed by atoms with Crippen LogP contribution in [0, 0.1) is 5.92 Å². The number of ether oxygens (including phenoxy) is 2. The quantitative estimate of drug-likeness (QED) is 0.768. The van der Waals surface area contributed by atoms with Crippen molar-refractivity contribution in [3.8, 4) is 11.5 Å². The topological polar surface area (TPSA) is 56.3 Å². The number of fused-ring (bicyclic) bond motifs is 2. The highest BCUT2D eigenvalue weighted by Crippen LogP contribution is 2.36. The van der Waals surface area contributed by atoms with Crippen LogP contribution in [-0.4, -0.2) is 23.2 Å². The van der Waals surface area contributed by atoms with Gasteiger partial charge in [-0.25, -0.2) is 9.97 Å². The molecule has 6 heteroatoms. The first kappa shape index (κ1) is 15.2. The van der Waals surface area contributed by atoms with Crippen LogP contribution in [0.4, 0.5) is 5.82 Å². The highest BCUT2D eigenvalue weighted by Gasteiger charge is 2.21. The fourth-order valence-corrected chi connectivity index (χ4v) is 3.72. The Balaban J connectivity index is 1.69. The molecule has 1 aliphatic rings. The molecule has 0 spiro atoms. The Bertz CT molecular complexity index is 862. The minimum atomic E-state index is 0.126. The zero-order chi connectivity index (χ0) is 16.5. The van der Waals surface area contributed by atoms with Crippen LogP contribution < -0.4 is 14.8 Å². The average Bonchev–Trinajstić information content (AvgIpc) is 3.08. The van der Waals surface area contributed by atoms with Crippen LogP contribution in [0.2, 0.25) is 0 Å². The summed E-state index contributed by atoms with van der Waals surface area (Å²) in [5.41, 5.74) is 2.14. The molecular weight excluding hydrogens is 322 g/mol. The van der Waals surface area contributed by atoms with E-state index >= 15 is 0 Å². The standard InChI is InChI=1S/C18H19N3O2S/c1-11(2)16(12-3-4-14-15(9-12)23-7-6-22-14)21-18-17-13(5-8-24-17)19-10-20-18/h3-5,8-11,16H,6-7H2,1-2H3,(H,19,20,21). The fourth-order valence-electron chi connectivity index (χ4n) is 2.93. The molecule has 4 rings (SSSR count). The van der Waals surface area contributed by atoms with Gasteiger partial charge in [-0.1, -0.05) is 19.9 Å². The highest BCUT2D eigenvalue weighted by molar-refractivity contribution is 7.17. The first-order chi connectivity index (χ1) is 11.7. The van der Waals surface area contributed by atoms with Gasteiger partial charge in [0.05, 0.1) is 16.3 Å². The van der Waals surface area contributed by atoms with Gasteiger partial charge in [-0.3, -0.25) is 0 Å². The number of anilines is 1. The number of hydrogen-bond acceptors (Lipinski definition) is 6. The van der Waals surface area contributed by atoms with Gasteiger partial charge in [0, 0.05) is 0 Å². The lowest BCUT2D eigenvalue weighted by atomic mass is 9.95. The molecule has 2 aromatic heterocycles. The Morgan fingerprint density at radius 2 is 1.92 bits per heavy atom. The van der Waals surface area contributed by atoms with Crippen LogP contribution in [-0.2, 0) is 0 Å². The van der Waals surface area contributed by atoms with Crippen molar-refractivity contribution in [2.24, 2.45) is 5.92 Å². The van der Waals surface area contributed by atoms with Crippen molar-refractivity contribution < 1.29 is 9.47 Å². The highest BCUT2D eigenvalue weighted by atomic mass is 32.1. The number of aromatic nitrogens is 2. The van der Waals surface area contributed by atoms with E-state index in [2.05, 4.69) is 41.3 Å². The lowest BCUT2D eigenvalue weighted by Gasteiger charge is -2.26. The Morgan fingerprint density at radius 1 is 1.08 bits per heavy atom. The first-order valence-corrected chi connectivity index (χ1v) is 8.94. The van der Waals surface area contributed by atoms with E-state index < -0.39 is 0 Å². The lowest BCUT2D eigenvalue weighted by molar-refractivity contribution is 0.171. The van der Waals surface area contributed by atoms with E-state index in [-0.39, 0.29) is 6.04 Å². The summed E-state index contributed by atoms with van der Waals surface area (Å²) in [6.07, 6.45) is 1.61. The number of benzene rings is 1. The maximum absolute atomic E-state index is 5.73. The second kappa shape index (κ2) is 6.28. The molecular formula is C18H19N3O2S. The molecule has 0 amide bonds. The summed E-state index contributed by atoms with van der Waals surface area (Å²) in [4.78, 5) is 8.75. The second-order valence-electron chi connectivity index (χ2n) is 6.13. The summed E-state index contributed by atoms with van der Waals surface area (Å²) in [7, 11) is 0. The first-order valence-electron chi connectivity index (χ1n) is 8.06. The summed E-state index contributed by atoms with van der Waals surface area (Å²) in [6, 6.07) is 8.29. The Labute approximate surface area is 144 Å². The minimum Gasteiger partial charge on any atom is -0.486 e. The average molecular weight is 341 g/mol. The summed E-state index contributed by atoms with van der Waals surface area (Å²) < 4.78 is 12.4. The summed E-state index contributed by atoms with van der Waals surface area (Å²) in [5.74, 6) is 2.89. The molecule has 5 nitrogen and oxygen atoms in total. The van der Waals surface area contributed by atoms with Crippen LogP contribution in [0.1, 0.15) is 25.5 Å². The van der Waals surface area contributed by atoms with Crippen molar-refractivity contribution in [3.05, 3.63) is 41.5 Å². The van der Waals surface area contributed by atoms with Gasteiger partial charge in [-0.05, 0) is 35.1 Å². The lowest BCUT2D eigenvalue weighted by Crippen LogP contribution is -2.19. The van der Waals surface area contributed by atoms with Gasteiger partial charge in [-0.15, -0.1) is 11.3 Å². The monoisotopic (exact) mass is 341 g/mol.